The van der Waals surface area contributed by atoms with Crippen LogP contribution < -0.4 is 9.47 Å². The monoisotopic (exact) mass is 554 g/mol. The number of amides is 2. The normalized spacial score (nSPS) is 13.7. The van der Waals surface area contributed by atoms with Gasteiger partial charge in [-0.15, -0.1) is 0 Å². The summed E-state index contributed by atoms with van der Waals surface area (Å²) in [7, 11) is 0. The van der Waals surface area contributed by atoms with E-state index in [1.54, 1.807) is 65.3 Å². The first-order valence-corrected chi connectivity index (χ1v) is 13.4. The first-order valence-electron chi connectivity index (χ1n) is 13.4. The van der Waals surface area contributed by atoms with E-state index in [-0.39, 0.29) is 24.6 Å². The van der Waals surface area contributed by atoms with Crippen molar-refractivity contribution in [2.45, 2.75) is 46.1 Å². The van der Waals surface area contributed by atoms with Crippen LogP contribution in [0.1, 0.15) is 40.5 Å². The maximum absolute atomic E-state index is 12.6. The minimum Gasteiger partial charge on any atom is -0.494 e. The van der Waals surface area contributed by atoms with Crippen LogP contribution in [0, 0.1) is 0 Å². The van der Waals surface area contributed by atoms with Gasteiger partial charge in [0.15, 0.2) is 6.61 Å². The van der Waals surface area contributed by atoms with Crippen molar-refractivity contribution in [1.82, 2.24) is 9.80 Å². The summed E-state index contributed by atoms with van der Waals surface area (Å²) < 4.78 is 21.6. The van der Waals surface area contributed by atoms with Crippen molar-refractivity contribution in [2.24, 2.45) is 10.2 Å². The van der Waals surface area contributed by atoms with Crippen LogP contribution in [-0.4, -0.2) is 79.4 Å². The van der Waals surface area contributed by atoms with E-state index < -0.39 is 5.60 Å². The molecule has 1 heterocycles. The number of nitrogens with zero attached hydrogens (tertiary/aromatic N) is 4. The van der Waals surface area contributed by atoms with E-state index in [4.69, 9.17) is 18.9 Å². The van der Waals surface area contributed by atoms with Crippen molar-refractivity contribution in [3.05, 3.63) is 48.5 Å². The molecule has 1 aliphatic rings. The maximum Gasteiger partial charge on any atom is 0.410 e. The molecule has 2 amide bonds. The van der Waals surface area contributed by atoms with Gasteiger partial charge >= 0.3 is 12.1 Å². The Hall–Kier alpha value is -4.15. The zero-order valence-corrected chi connectivity index (χ0v) is 23.6. The molecule has 0 N–H and O–H groups in total. The van der Waals surface area contributed by atoms with Crippen LogP contribution in [0.4, 0.5) is 16.2 Å². The molecule has 3 rings (SSSR count). The minimum atomic E-state index is -0.551. The number of esters is 1. The van der Waals surface area contributed by atoms with Crippen molar-refractivity contribution < 1.29 is 33.3 Å². The minimum absolute atomic E-state index is 0.0927. The summed E-state index contributed by atoms with van der Waals surface area (Å²) in [5, 5.41) is 8.46. The second-order valence-electron chi connectivity index (χ2n) is 10.1. The molecular weight excluding hydrogens is 516 g/mol. The average molecular weight is 555 g/mol. The third-order valence-corrected chi connectivity index (χ3v) is 5.70. The van der Waals surface area contributed by atoms with Gasteiger partial charge < -0.3 is 28.7 Å². The lowest BCUT2D eigenvalue weighted by Gasteiger charge is -2.35. The first kappa shape index (κ1) is 30.4. The van der Waals surface area contributed by atoms with Crippen molar-refractivity contribution in [3.63, 3.8) is 0 Å². The number of piperazine rings is 1. The Morgan fingerprint density at radius 3 is 1.85 bits per heavy atom. The predicted octanol–water partition coefficient (Wildman–Crippen LogP) is 5.28. The van der Waals surface area contributed by atoms with Crippen molar-refractivity contribution in [3.8, 4) is 11.5 Å². The summed E-state index contributed by atoms with van der Waals surface area (Å²) in [6.45, 7) is 9.69. The highest BCUT2D eigenvalue weighted by molar-refractivity contribution is 5.78. The largest absolute Gasteiger partial charge is 0.494 e. The van der Waals surface area contributed by atoms with E-state index in [1.807, 2.05) is 20.8 Å². The van der Waals surface area contributed by atoms with Crippen LogP contribution >= 0.6 is 0 Å². The van der Waals surface area contributed by atoms with E-state index in [9.17, 15) is 14.4 Å². The van der Waals surface area contributed by atoms with Gasteiger partial charge in [0.05, 0.1) is 24.6 Å². The van der Waals surface area contributed by atoms with Gasteiger partial charge in [0.2, 0.25) is 0 Å². The summed E-state index contributed by atoms with van der Waals surface area (Å²) in [5.74, 6) is 0.869. The topological polar surface area (TPSA) is 119 Å². The van der Waals surface area contributed by atoms with Crippen LogP contribution in [-0.2, 0) is 19.1 Å². The fourth-order valence-corrected chi connectivity index (χ4v) is 3.67. The Labute approximate surface area is 235 Å². The highest BCUT2D eigenvalue weighted by Crippen LogP contribution is 2.23. The van der Waals surface area contributed by atoms with E-state index in [0.717, 1.165) is 0 Å². The molecule has 2 aromatic carbocycles. The molecule has 0 saturated carbocycles. The SMILES string of the molecule is CCOC(=O)CCCOc1ccc(N=Nc2ccc(OCC(=O)N3CCN(C(=O)OC(C)(C)C)CC3)cc2)cc1. The molecule has 0 unspecified atom stereocenters. The van der Waals surface area contributed by atoms with E-state index in [1.165, 1.54) is 0 Å². The Morgan fingerprint density at radius 2 is 1.32 bits per heavy atom. The predicted molar refractivity (Wildman–Crippen MR) is 148 cm³/mol. The Kier molecular flexibility index (Phi) is 11.3. The zero-order valence-electron chi connectivity index (χ0n) is 23.6. The fraction of sp³-hybridized carbons (Fsp3) is 0.483. The molecule has 0 atom stereocenters. The number of ether oxygens (including phenoxy) is 4. The van der Waals surface area contributed by atoms with Gasteiger partial charge in [-0.25, -0.2) is 4.79 Å². The average Bonchev–Trinajstić information content (AvgIpc) is 2.93. The van der Waals surface area contributed by atoms with Gasteiger partial charge in [-0.1, -0.05) is 0 Å². The fourth-order valence-electron chi connectivity index (χ4n) is 3.67. The van der Waals surface area contributed by atoms with Crippen LogP contribution in [0.3, 0.4) is 0 Å². The molecule has 1 fully saturated rings. The number of hydrogen-bond donors (Lipinski definition) is 0. The molecule has 0 spiro atoms. The van der Waals surface area contributed by atoms with E-state index in [0.29, 0.717) is 75.1 Å². The number of carbonyl (C=O) groups is 3. The summed E-state index contributed by atoms with van der Waals surface area (Å²) in [6.07, 6.45) is 0.550. The number of benzene rings is 2. The summed E-state index contributed by atoms with van der Waals surface area (Å²) >= 11 is 0. The van der Waals surface area contributed by atoms with Crippen LogP contribution in [0.25, 0.3) is 0 Å². The molecule has 0 aromatic heterocycles. The van der Waals surface area contributed by atoms with Crippen molar-refractivity contribution >= 4 is 29.3 Å². The standard InChI is InChI=1S/C29H38N4O7/c1-5-37-27(35)7-6-20-38-24-12-8-22(9-13-24)30-31-23-10-14-25(15-11-23)39-21-26(34)32-16-18-33(19-17-32)28(36)40-29(2,3)4/h8-15H,5-7,16-21H2,1-4H3. The van der Waals surface area contributed by atoms with Gasteiger partial charge in [0.25, 0.3) is 5.91 Å². The Balaban J connectivity index is 1.37. The molecule has 1 saturated heterocycles. The number of hydrogen-bond acceptors (Lipinski definition) is 9. The summed E-state index contributed by atoms with van der Waals surface area (Å²) in [5.41, 5.74) is 0.748. The van der Waals surface area contributed by atoms with Crippen molar-refractivity contribution in [2.75, 3.05) is 46.0 Å². The molecule has 0 aliphatic carbocycles. The summed E-state index contributed by atoms with van der Waals surface area (Å²) in [6, 6.07) is 14.1. The van der Waals surface area contributed by atoms with E-state index >= 15 is 0 Å². The third kappa shape index (κ3) is 10.5. The lowest BCUT2D eigenvalue weighted by molar-refractivity contribution is -0.143. The Bertz CT molecular complexity index is 1140. The lowest BCUT2D eigenvalue weighted by Crippen LogP contribution is -2.52. The number of carbonyl (C=O) groups excluding carboxylic acids is 3. The molecular formula is C29H38N4O7. The molecule has 0 bridgehead atoms. The molecule has 11 heteroatoms. The van der Waals surface area contributed by atoms with Gasteiger partial charge in [0.1, 0.15) is 17.1 Å². The molecule has 0 radical (unpaired) electrons. The lowest BCUT2D eigenvalue weighted by atomic mass is 10.2. The van der Waals surface area contributed by atoms with E-state index in [2.05, 4.69) is 10.2 Å². The highest BCUT2D eigenvalue weighted by Gasteiger charge is 2.27. The molecule has 1 aliphatic heterocycles. The van der Waals surface area contributed by atoms with Crippen LogP contribution in [0.5, 0.6) is 11.5 Å². The third-order valence-electron chi connectivity index (χ3n) is 5.70. The molecule has 11 nitrogen and oxygen atoms in total. The Morgan fingerprint density at radius 1 is 0.800 bits per heavy atom. The summed E-state index contributed by atoms with van der Waals surface area (Å²) in [4.78, 5) is 39.4. The number of azo groups is 1. The smallest absolute Gasteiger partial charge is 0.410 e. The molecule has 216 valence electrons. The van der Waals surface area contributed by atoms with Gasteiger partial charge in [0, 0.05) is 32.6 Å². The van der Waals surface area contributed by atoms with Gasteiger partial charge in [-0.2, -0.15) is 10.2 Å². The quantitative estimate of drug-likeness (QED) is 0.210. The molecule has 40 heavy (non-hydrogen) atoms. The van der Waals surface area contributed by atoms with Crippen LogP contribution in [0.15, 0.2) is 58.8 Å². The van der Waals surface area contributed by atoms with Crippen LogP contribution in [0.2, 0.25) is 0 Å². The van der Waals surface area contributed by atoms with Gasteiger partial charge in [-0.05, 0) is 82.6 Å². The maximum atomic E-state index is 12.6. The zero-order chi connectivity index (χ0) is 29.0. The van der Waals surface area contributed by atoms with Crippen molar-refractivity contribution in [1.29, 1.82) is 0 Å². The number of rotatable bonds is 11. The first-order chi connectivity index (χ1) is 19.1. The molecule has 2 aromatic rings. The van der Waals surface area contributed by atoms with Gasteiger partial charge in [-0.3, -0.25) is 9.59 Å². The second kappa shape index (κ2) is 14.9. The highest BCUT2D eigenvalue weighted by atomic mass is 16.6. The second-order valence-corrected chi connectivity index (χ2v) is 10.1.